The molecule has 15 N–H and O–H groups in total. The molecule has 1 aliphatic carbocycles. The van der Waals surface area contributed by atoms with E-state index in [4.69, 9.17) is 31.9 Å². The fourth-order valence-corrected chi connectivity index (χ4v) is 7.42. The number of Topliss-reactive ketones (excluding diaryl/α,β-unsaturated/α-hetero) is 2. The molecule has 0 bridgehead atoms. The lowest BCUT2D eigenvalue weighted by Crippen LogP contribution is -2.49. The lowest BCUT2D eigenvalue weighted by molar-refractivity contribution is -0.139. The third-order valence-electron chi connectivity index (χ3n) is 8.12. The van der Waals surface area contributed by atoms with Crippen LogP contribution >= 0.6 is 23.5 Å². The smallest absolute Gasteiger partial charge is 0.322 e. The number of ketones is 2. The fraction of sp³-hybridized carbons (Fsp3) is 0.455. The molecule has 0 aliphatic heterocycles. The van der Waals surface area contributed by atoms with Gasteiger partial charge >= 0.3 is 23.9 Å². The van der Waals surface area contributed by atoms with Gasteiger partial charge in [0, 0.05) is 29.9 Å². The summed E-state index contributed by atoms with van der Waals surface area (Å²) >= 11 is 0.986. The third kappa shape index (κ3) is 13.6. The van der Waals surface area contributed by atoms with Crippen molar-refractivity contribution in [2.75, 3.05) is 24.6 Å². The predicted octanol–water partition coefficient (Wildman–Crippen LogP) is -2.13. The minimum atomic E-state index is -1.61. The van der Waals surface area contributed by atoms with Gasteiger partial charge < -0.3 is 68.5 Å². The quantitative estimate of drug-likeness (QED) is 0.0300. The Morgan fingerprint density at radius 2 is 1.00 bits per heavy atom. The predicted molar refractivity (Wildman–Crippen MR) is 200 cm³/mol. The Labute approximate surface area is 336 Å². The van der Waals surface area contributed by atoms with Crippen LogP contribution < -0.4 is 32.7 Å². The Balaban J connectivity index is 2.58. The van der Waals surface area contributed by atoms with Crippen LogP contribution in [0.1, 0.15) is 61.4 Å². The first kappa shape index (κ1) is 48.2. The van der Waals surface area contributed by atoms with E-state index in [1.165, 1.54) is 0 Å². The number of thioether (sulfide) groups is 2. The van der Waals surface area contributed by atoms with Crippen LogP contribution in [-0.2, 0) is 43.2 Å². The Bertz CT molecular complexity index is 1890. The number of carboxylic acids is 4. The number of hydrogen-bond acceptors (Lipinski definition) is 17. The van der Waals surface area contributed by atoms with E-state index in [0.717, 1.165) is 6.92 Å². The zero-order chi connectivity index (χ0) is 44.0. The second-order valence-electron chi connectivity index (χ2n) is 12.5. The number of hydrogen-bond donors (Lipinski definition) is 13. The molecule has 318 valence electrons. The van der Waals surface area contributed by atoms with Crippen LogP contribution in [0.25, 0.3) is 5.76 Å². The van der Waals surface area contributed by atoms with Gasteiger partial charge in [-0.2, -0.15) is 0 Å². The summed E-state index contributed by atoms with van der Waals surface area (Å²) in [7, 11) is 0. The number of nitrogens with one attached hydrogen (secondary N) is 4. The second kappa shape index (κ2) is 22.1. The van der Waals surface area contributed by atoms with E-state index in [2.05, 4.69) is 21.3 Å². The molecule has 0 heterocycles. The normalized spacial score (nSPS) is 14.3. The number of aliphatic carboxylic acids is 4. The van der Waals surface area contributed by atoms with Gasteiger partial charge in [0.25, 0.3) is 0 Å². The molecule has 4 amide bonds. The van der Waals surface area contributed by atoms with Crippen molar-refractivity contribution in [1.29, 1.82) is 0 Å². The largest absolute Gasteiger partial charge is 0.507 e. The maximum absolute atomic E-state index is 13.1. The van der Waals surface area contributed by atoms with Gasteiger partial charge in [0.2, 0.25) is 35.2 Å². The number of benzene rings is 1. The zero-order valence-corrected chi connectivity index (χ0v) is 32.2. The van der Waals surface area contributed by atoms with Crippen LogP contribution in [0.5, 0.6) is 11.5 Å². The molecule has 58 heavy (non-hydrogen) atoms. The van der Waals surface area contributed by atoms with Crippen molar-refractivity contribution in [2.45, 2.75) is 79.4 Å². The summed E-state index contributed by atoms with van der Waals surface area (Å²) in [6.45, 7) is -0.738. The Kier molecular flexibility index (Phi) is 18.4. The van der Waals surface area contributed by atoms with Gasteiger partial charge in [-0.25, -0.2) is 0 Å². The number of carbonyl (C=O) groups is 10. The average molecular weight is 859 g/mol. The number of carboxylic acid groups (broad SMARTS) is 4. The maximum atomic E-state index is 13.1. The van der Waals surface area contributed by atoms with E-state index in [-0.39, 0.29) is 38.5 Å². The summed E-state index contributed by atoms with van der Waals surface area (Å²) in [5, 5.41) is 78.7. The standard InChI is InChI=1S/C33H42N6O17S2/c1-12-23(46)21-22(25(48)24(12)47)27(50)29(58-11-16(31(52)37-9-20(44)45)39-18(41)7-3-5-14(35)33(55)56)28(26(21)49)57-10-15(30(51)36-8-19(42)43)38-17(40)6-2-4-13(34)32(53)54/h13-16,46,49-50H,2-11,34-35H2,1H3,(H,36,51)(H,37,52)(H,38,40)(H,39,41)(H,42,43)(H,44,45)(H,53,54)(H,55,56)/t13-,14-,15-,16-/m0/s1. The molecular formula is C33H42N6O17S2. The number of aromatic hydroxyl groups is 2. The summed E-state index contributed by atoms with van der Waals surface area (Å²) in [5.41, 5.74) is 8.85. The molecule has 25 heteroatoms. The lowest BCUT2D eigenvalue weighted by atomic mass is 9.88. The number of carbonyl (C=O) groups excluding carboxylic acids is 6. The monoisotopic (exact) mass is 858 g/mol. The number of aliphatic hydroxyl groups is 1. The van der Waals surface area contributed by atoms with Crippen LogP contribution in [-0.4, -0.2) is 144 Å². The highest BCUT2D eigenvalue weighted by Crippen LogP contribution is 2.51. The zero-order valence-electron chi connectivity index (χ0n) is 30.6. The molecular weight excluding hydrogens is 817 g/mol. The van der Waals surface area contributed by atoms with E-state index in [1.54, 1.807) is 0 Å². The van der Waals surface area contributed by atoms with Gasteiger partial charge in [0.15, 0.2) is 0 Å². The first-order chi connectivity index (χ1) is 27.1. The van der Waals surface area contributed by atoms with E-state index >= 15 is 0 Å². The number of allylic oxidation sites excluding steroid dienone is 1. The van der Waals surface area contributed by atoms with Crippen LogP contribution in [0.2, 0.25) is 0 Å². The highest BCUT2D eigenvalue weighted by Gasteiger charge is 2.39. The van der Waals surface area contributed by atoms with Crippen molar-refractivity contribution < 1.29 is 83.7 Å². The number of nitrogens with two attached hydrogens (primary N) is 2. The maximum Gasteiger partial charge on any atom is 0.322 e. The Hall–Kier alpha value is -5.92. The molecule has 0 fully saturated rings. The van der Waals surface area contributed by atoms with Crippen LogP contribution in [0.15, 0.2) is 15.4 Å². The molecule has 0 saturated heterocycles. The molecule has 0 aromatic heterocycles. The summed E-state index contributed by atoms with van der Waals surface area (Å²) in [6.07, 6.45) is -1.01. The van der Waals surface area contributed by atoms with E-state index in [1.807, 2.05) is 0 Å². The molecule has 1 aromatic carbocycles. The Morgan fingerprint density at radius 1 is 0.621 bits per heavy atom. The van der Waals surface area contributed by atoms with E-state index in [0.29, 0.717) is 23.5 Å². The van der Waals surface area contributed by atoms with Gasteiger partial charge in [-0.05, 0) is 32.6 Å². The first-order valence-corrected chi connectivity index (χ1v) is 19.0. The van der Waals surface area contributed by atoms with Crippen LogP contribution in [0.3, 0.4) is 0 Å². The molecule has 0 saturated carbocycles. The number of aliphatic hydroxyl groups excluding tert-OH is 1. The number of rotatable bonds is 24. The van der Waals surface area contributed by atoms with E-state index < -0.39 is 152 Å². The molecule has 0 radical (unpaired) electrons. The summed E-state index contributed by atoms with van der Waals surface area (Å²) in [4.78, 5) is 121. The van der Waals surface area contributed by atoms with Crippen molar-refractivity contribution >= 4 is 88.4 Å². The number of amides is 4. The van der Waals surface area contributed by atoms with Crippen molar-refractivity contribution in [2.24, 2.45) is 11.5 Å². The molecule has 0 spiro atoms. The van der Waals surface area contributed by atoms with Crippen LogP contribution in [0.4, 0.5) is 0 Å². The highest BCUT2D eigenvalue weighted by atomic mass is 32.2. The molecule has 0 unspecified atom stereocenters. The van der Waals surface area contributed by atoms with Crippen molar-refractivity contribution in [3.63, 3.8) is 0 Å². The Morgan fingerprint density at radius 3 is 1.36 bits per heavy atom. The summed E-state index contributed by atoms with van der Waals surface area (Å²) in [5.74, 6) is -15.9. The van der Waals surface area contributed by atoms with Crippen molar-refractivity contribution in [1.82, 2.24) is 21.3 Å². The number of fused-ring (bicyclic) bond motifs is 1. The van der Waals surface area contributed by atoms with Gasteiger partial charge in [-0.1, -0.05) is 0 Å². The van der Waals surface area contributed by atoms with Gasteiger partial charge in [-0.15, -0.1) is 23.5 Å². The minimum absolute atomic E-state index is 0.0402. The molecule has 4 atom stereocenters. The van der Waals surface area contributed by atoms with Crippen molar-refractivity contribution in [3.8, 4) is 11.5 Å². The number of phenols is 2. The highest BCUT2D eigenvalue weighted by molar-refractivity contribution is 8.02. The SMILES string of the molecule is CC1=C(O)c2c(O)c(SC[C@H](NC(=O)CCC[C@H](N)C(=O)O)C(=O)NCC(=O)O)c(SC[C@H](NC(=O)CCC[C@H](N)C(=O)O)C(=O)NCC(=O)O)c(O)c2C(=O)C1=O. The summed E-state index contributed by atoms with van der Waals surface area (Å²) < 4.78 is 0. The fourth-order valence-electron chi connectivity index (χ4n) is 4.99. The molecule has 1 aromatic rings. The second-order valence-corrected chi connectivity index (χ2v) is 14.6. The topological polar surface area (TPSA) is 412 Å². The van der Waals surface area contributed by atoms with Crippen LogP contribution in [0, 0.1) is 0 Å². The van der Waals surface area contributed by atoms with Crippen molar-refractivity contribution in [3.05, 3.63) is 16.7 Å². The first-order valence-electron chi connectivity index (χ1n) is 17.0. The molecule has 1 aliphatic rings. The molecule has 2 rings (SSSR count). The van der Waals surface area contributed by atoms with Gasteiger partial charge in [0.05, 0.1) is 20.9 Å². The minimum Gasteiger partial charge on any atom is -0.507 e. The van der Waals surface area contributed by atoms with Gasteiger partial charge in [-0.3, -0.25) is 47.9 Å². The average Bonchev–Trinajstić information content (AvgIpc) is 3.15. The lowest BCUT2D eigenvalue weighted by Gasteiger charge is -2.25. The third-order valence-corrected chi connectivity index (χ3v) is 10.6. The van der Waals surface area contributed by atoms with E-state index in [9.17, 15) is 63.3 Å². The molecule has 23 nitrogen and oxygen atoms in total. The van der Waals surface area contributed by atoms with Gasteiger partial charge in [0.1, 0.15) is 54.5 Å². The number of phenolic OH excluding ortho intramolecular Hbond substituents is 2. The summed E-state index contributed by atoms with van der Waals surface area (Å²) in [6, 6.07) is -5.79.